The first-order chi connectivity index (χ1) is 8.56. The van der Waals surface area contributed by atoms with Crippen molar-refractivity contribution in [1.29, 1.82) is 0 Å². The van der Waals surface area contributed by atoms with Gasteiger partial charge in [0.2, 0.25) is 0 Å². The Labute approximate surface area is 124 Å². The molecule has 1 atom stereocenters. The number of hydrogen-bond acceptors (Lipinski definition) is 3. The third-order valence-corrected chi connectivity index (χ3v) is 4.92. The third kappa shape index (κ3) is 3.51. The van der Waals surface area contributed by atoms with Crippen LogP contribution in [0.1, 0.15) is 16.6 Å². The molecule has 1 unspecified atom stereocenters. The molecule has 0 aliphatic rings. The van der Waals surface area contributed by atoms with E-state index in [2.05, 4.69) is 0 Å². The van der Waals surface area contributed by atoms with Crippen molar-refractivity contribution in [1.82, 2.24) is 0 Å². The van der Waals surface area contributed by atoms with Crippen molar-refractivity contribution in [2.75, 3.05) is 0 Å². The number of ketones is 1. The van der Waals surface area contributed by atoms with Gasteiger partial charge in [-0.2, -0.15) is 0 Å². The Morgan fingerprint density at radius 2 is 1.83 bits per heavy atom. The van der Waals surface area contributed by atoms with E-state index in [1.165, 1.54) is 23.1 Å². The fourth-order valence-electron chi connectivity index (χ4n) is 1.42. The molecule has 0 radical (unpaired) electrons. The van der Waals surface area contributed by atoms with Gasteiger partial charge in [0, 0.05) is 9.92 Å². The van der Waals surface area contributed by atoms with Crippen LogP contribution in [0.4, 0.5) is 0 Å². The van der Waals surface area contributed by atoms with Gasteiger partial charge in [-0.3, -0.25) is 4.79 Å². The van der Waals surface area contributed by atoms with Gasteiger partial charge in [0.05, 0.1) is 14.5 Å². The predicted octanol–water partition coefficient (Wildman–Crippen LogP) is 5.42. The van der Waals surface area contributed by atoms with Gasteiger partial charge in [-0.05, 0) is 43.3 Å². The lowest BCUT2D eigenvalue weighted by Crippen LogP contribution is -2.11. The van der Waals surface area contributed by atoms with Crippen molar-refractivity contribution in [3.05, 3.63) is 50.6 Å². The molecule has 0 N–H and O–H groups in total. The molecule has 1 nitrogen and oxygen atoms in total. The van der Waals surface area contributed by atoms with E-state index in [4.69, 9.17) is 23.2 Å². The lowest BCUT2D eigenvalue weighted by atomic mass is 10.2. The van der Waals surface area contributed by atoms with E-state index in [-0.39, 0.29) is 11.0 Å². The van der Waals surface area contributed by atoms with Crippen molar-refractivity contribution in [2.24, 2.45) is 0 Å². The molecule has 0 bridgehead atoms. The van der Waals surface area contributed by atoms with E-state index < -0.39 is 0 Å². The Balaban J connectivity index is 2.05. The Hall–Kier alpha value is -0.480. The zero-order valence-electron chi connectivity index (χ0n) is 9.52. The number of thiophene rings is 1. The van der Waals surface area contributed by atoms with Crippen molar-refractivity contribution in [3.63, 3.8) is 0 Å². The van der Waals surface area contributed by atoms with Gasteiger partial charge in [0.15, 0.2) is 5.78 Å². The van der Waals surface area contributed by atoms with Crippen LogP contribution >= 0.6 is 46.3 Å². The summed E-state index contributed by atoms with van der Waals surface area (Å²) in [5.74, 6) is 0.104. The second-order valence-electron chi connectivity index (χ2n) is 3.68. The van der Waals surface area contributed by atoms with Crippen LogP contribution in [0.15, 0.2) is 41.3 Å². The summed E-state index contributed by atoms with van der Waals surface area (Å²) < 4.78 is 0.641. The average molecular weight is 317 g/mol. The maximum Gasteiger partial charge on any atom is 0.185 e. The predicted molar refractivity (Wildman–Crippen MR) is 80.4 cm³/mol. The number of halogens is 2. The minimum Gasteiger partial charge on any atom is -0.292 e. The molecule has 0 fully saturated rings. The Bertz CT molecular complexity index is 548. The molecule has 1 aromatic heterocycles. The van der Waals surface area contributed by atoms with E-state index >= 15 is 0 Å². The zero-order valence-corrected chi connectivity index (χ0v) is 12.7. The van der Waals surface area contributed by atoms with Crippen molar-refractivity contribution < 1.29 is 4.79 Å². The summed E-state index contributed by atoms with van der Waals surface area (Å²) in [7, 11) is 0. The summed E-state index contributed by atoms with van der Waals surface area (Å²) in [6.45, 7) is 1.90. The number of thioether (sulfide) groups is 1. The monoisotopic (exact) mass is 316 g/mol. The summed E-state index contributed by atoms with van der Waals surface area (Å²) >= 11 is 14.5. The second kappa shape index (κ2) is 6.11. The van der Waals surface area contributed by atoms with Crippen LogP contribution in [0.2, 0.25) is 9.36 Å². The summed E-state index contributed by atoms with van der Waals surface area (Å²) in [5.41, 5.74) is 0. The lowest BCUT2D eigenvalue weighted by molar-refractivity contribution is 0.0998. The number of Topliss-reactive ketones (excluding diaryl/α,β-unsaturated/α-hetero) is 1. The summed E-state index contributed by atoms with van der Waals surface area (Å²) in [6.07, 6.45) is 0. The molecule has 5 heteroatoms. The zero-order chi connectivity index (χ0) is 13.1. The lowest BCUT2D eigenvalue weighted by Gasteiger charge is -2.08. The molecule has 94 valence electrons. The van der Waals surface area contributed by atoms with Gasteiger partial charge in [-0.15, -0.1) is 23.1 Å². The highest BCUT2D eigenvalue weighted by Gasteiger charge is 2.18. The van der Waals surface area contributed by atoms with Crippen LogP contribution in [0.5, 0.6) is 0 Å². The molecule has 0 spiro atoms. The molecule has 18 heavy (non-hydrogen) atoms. The average Bonchev–Trinajstić information content (AvgIpc) is 2.78. The van der Waals surface area contributed by atoms with Gasteiger partial charge >= 0.3 is 0 Å². The highest BCUT2D eigenvalue weighted by atomic mass is 35.5. The van der Waals surface area contributed by atoms with Crippen LogP contribution in [-0.4, -0.2) is 11.0 Å². The molecule has 0 amide bonds. The molecule has 1 aromatic carbocycles. The third-order valence-electron chi connectivity index (χ3n) is 2.31. The number of carbonyl (C=O) groups is 1. The topological polar surface area (TPSA) is 17.1 Å². The smallest absolute Gasteiger partial charge is 0.185 e. The summed E-state index contributed by atoms with van der Waals surface area (Å²) in [6, 6.07) is 11.0. The highest BCUT2D eigenvalue weighted by Crippen LogP contribution is 2.29. The Morgan fingerprint density at radius 1 is 1.17 bits per heavy atom. The number of rotatable bonds is 4. The van der Waals surface area contributed by atoms with Gasteiger partial charge < -0.3 is 0 Å². The molecule has 0 saturated heterocycles. The first-order valence-corrected chi connectivity index (χ1v) is 7.73. The van der Waals surface area contributed by atoms with E-state index in [1.54, 1.807) is 12.1 Å². The van der Waals surface area contributed by atoms with Crippen LogP contribution in [0.25, 0.3) is 0 Å². The minimum absolute atomic E-state index is 0.104. The molecule has 2 rings (SSSR count). The Kier molecular flexibility index (Phi) is 4.73. The van der Waals surface area contributed by atoms with Crippen LogP contribution in [0.3, 0.4) is 0 Å². The fraction of sp³-hybridized carbons (Fsp3) is 0.154. The fourth-order valence-corrected chi connectivity index (χ4v) is 3.63. The van der Waals surface area contributed by atoms with Gasteiger partial charge in [0.1, 0.15) is 0 Å². The molecule has 2 aromatic rings. The number of carbonyl (C=O) groups excluding carboxylic acids is 1. The molecular formula is C13H10Cl2OS2. The normalized spacial score (nSPS) is 12.4. The van der Waals surface area contributed by atoms with Gasteiger partial charge in [0.25, 0.3) is 0 Å². The number of hydrogen-bond donors (Lipinski definition) is 0. The maximum atomic E-state index is 12.1. The van der Waals surface area contributed by atoms with Crippen LogP contribution < -0.4 is 0 Å². The van der Waals surface area contributed by atoms with Crippen molar-refractivity contribution >= 4 is 52.1 Å². The standard InChI is InChI=1S/C13H10Cl2OS2/c1-8(13(16)11-6-7-12(15)18-11)17-10-4-2-9(14)3-5-10/h2-8H,1H3. The highest BCUT2D eigenvalue weighted by molar-refractivity contribution is 8.00. The van der Waals surface area contributed by atoms with E-state index in [9.17, 15) is 4.79 Å². The van der Waals surface area contributed by atoms with E-state index in [1.807, 2.05) is 31.2 Å². The molecule has 0 aliphatic heterocycles. The van der Waals surface area contributed by atoms with Crippen LogP contribution in [-0.2, 0) is 0 Å². The van der Waals surface area contributed by atoms with E-state index in [0.717, 1.165) is 4.90 Å². The molecule has 0 saturated carbocycles. The van der Waals surface area contributed by atoms with Crippen molar-refractivity contribution in [3.8, 4) is 0 Å². The SMILES string of the molecule is CC(Sc1ccc(Cl)cc1)C(=O)c1ccc(Cl)s1. The quantitative estimate of drug-likeness (QED) is 0.553. The van der Waals surface area contributed by atoms with E-state index in [0.29, 0.717) is 14.2 Å². The number of benzene rings is 1. The first kappa shape index (κ1) is 13.9. The first-order valence-electron chi connectivity index (χ1n) is 5.28. The molecule has 1 heterocycles. The largest absolute Gasteiger partial charge is 0.292 e. The summed E-state index contributed by atoms with van der Waals surface area (Å²) in [4.78, 5) is 13.9. The van der Waals surface area contributed by atoms with Crippen LogP contribution in [0, 0.1) is 0 Å². The Morgan fingerprint density at radius 3 is 2.39 bits per heavy atom. The maximum absolute atomic E-state index is 12.1. The minimum atomic E-state index is -0.138. The molecule has 0 aliphatic carbocycles. The molecular weight excluding hydrogens is 307 g/mol. The van der Waals surface area contributed by atoms with Gasteiger partial charge in [-0.25, -0.2) is 0 Å². The summed E-state index contributed by atoms with van der Waals surface area (Å²) in [5, 5.41) is 0.560. The van der Waals surface area contributed by atoms with Gasteiger partial charge in [-0.1, -0.05) is 23.2 Å². The van der Waals surface area contributed by atoms with Crippen molar-refractivity contribution in [2.45, 2.75) is 17.1 Å². The second-order valence-corrected chi connectivity index (χ2v) is 7.25.